The molecular formula is C21H32O. The first-order valence-corrected chi connectivity index (χ1v) is 9.63. The molecule has 0 aromatic rings. The molecule has 4 saturated carbocycles. The largest absolute Gasteiger partial charge is 0.300 e. The number of allylic oxidation sites excluding steroid dienone is 1. The fourth-order valence-electron chi connectivity index (χ4n) is 7.47. The Morgan fingerprint density at radius 2 is 1.77 bits per heavy atom. The Balaban J connectivity index is 1.63. The molecule has 0 spiro atoms. The third-order valence-electron chi connectivity index (χ3n) is 8.84. The van der Waals surface area contributed by atoms with Gasteiger partial charge in [-0.2, -0.15) is 0 Å². The molecule has 0 bridgehead atoms. The third kappa shape index (κ3) is 1.86. The van der Waals surface area contributed by atoms with Crippen molar-refractivity contribution in [3.8, 4) is 0 Å². The summed E-state index contributed by atoms with van der Waals surface area (Å²) < 4.78 is 0. The van der Waals surface area contributed by atoms with E-state index in [1.165, 1.54) is 44.9 Å². The molecular weight excluding hydrogens is 268 g/mol. The molecule has 1 unspecified atom stereocenters. The predicted octanol–water partition coefficient (Wildman–Crippen LogP) is 5.40. The molecule has 4 aliphatic carbocycles. The van der Waals surface area contributed by atoms with Crippen LogP contribution in [0.2, 0.25) is 0 Å². The second-order valence-electron chi connectivity index (χ2n) is 9.36. The Bertz CT molecular complexity index is 494. The van der Waals surface area contributed by atoms with Gasteiger partial charge in [0.2, 0.25) is 0 Å². The zero-order valence-electron chi connectivity index (χ0n) is 14.4. The van der Waals surface area contributed by atoms with Crippen molar-refractivity contribution in [2.75, 3.05) is 0 Å². The number of carbonyl (C=O) groups excluding carboxylic acids is 1. The summed E-state index contributed by atoms with van der Waals surface area (Å²) in [5.74, 6) is 4.71. The highest BCUT2D eigenvalue weighted by Gasteiger charge is 2.59. The van der Waals surface area contributed by atoms with Gasteiger partial charge >= 0.3 is 0 Å². The Labute approximate surface area is 135 Å². The third-order valence-corrected chi connectivity index (χ3v) is 8.84. The van der Waals surface area contributed by atoms with Gasteiger partial charge in [-0.1, -0.05) is 19.9 Å². The van der Waals surface area contributed by atoms with Gasteiger partial charge in [0.25, 0.3) is 0 Å². The number of hydrogen-bond acceptors (Lipinski definition) is 1. The minimum atomic E-state index is 0.463. The maximum atomic E-state index is 11.9. The minimum Gasteiger partial charge on any atom is -0.300 e. The van der Waals surface area contributed by atoms with Crippen molar-refractivity contribution in [2.24, 2.45) is 40.4 Å². The quantitative estimate of drug-likeness (QED) is 0.592. The molecule has 1 nitrogen and oxygen atoms in total. The Morgan fingerprint density at radius 1 is 1.00 bits per heavy atom. The van der Waals surface area contributed by atoms with Crippen LogP contribution < -0.4 is 0 Å². The van der Waals surface area contributed by atoms with Gasteiger partial charge in [0.1, 0.15) is 5.78 Å². The smallest absolute Gasteiger partial charge is 0.133 e. The number of Topliss-reactive ketones (excluding diaryl/α,β-unsaturated/α-hetero) is 1. The maximum Gasteiger partial charge on any atom is 0.133 e. The lowest BCUT2D eigenvalue weighted by atomic mass is 9.45. The van der Waals surface area contributed by atoms with E-state index in [1.807, 2.05) is 0 Å². The first-order chi connectivity index (χ1) is 10.5. The molecule has 0 amide bonds. The van der Waals surface area contributed by atoms with Crippen molar-refractivity contribution >= 4 is 5.78 Å². The van der Waals surface area contributed by atoms with E-state index in [2.05, 4.69) is 26.5 Å². The molecule has 0 saturated heterocycles. The second kappa shape index (κ2) is 4.95. The first-order valence-electron chi connectivity index (χ1n) is 9.63. The summed E-state index contributed by atoms with van der Waals surface area (Å²) >= 11 is 0. The first kappa shape index (κ1) is 15.0. The minimum absolute atomic E-state index is 0.463. The van der Waals surface area contributed by atoms with Gasteiger partial charge in [-0.3, -0.25) is 4.79 Å². The summed E-state index contributed by atoms with van der Waals surface area (Å²) in [6.07, 6.45) is 13.5. The molecule has 7 atom stereocenters. The Morgan fingerprint density at radius 3 is 2.55 bits per heavy atom. The topological polar surface area (TPSA) is 17.1 Å². The van der Waals surface area contributed by atoms with Gasteiger partial charge in [-0.15, -0.1) is 6.58 Å². The van der Waals surface area contributed by atoms with Crippen molar-refractivity contribution in [3.63, 3.8) is 0 Å². The molecule has 0 aliphatic heterocycles. The summed E-state index contributed by atoms with van der Waals surface area (Å²) in [6.45, 7) is 9.24. The van der Waals surface area contributed by atoms with E-state index >= 15 is 0 Å². The fourth-order valence-corrected chi connectivity index (χ4v) is 7.47. The number of carbonyl (C=O) groups is 1. The van der Waals surface area contributed by atoms with Gasteiger partial charge in [0.15, 0.2) is 0 Å². The number of fused-ring (bicyclic) bond motifs is 5. The van der Waals surface area contributed by atoms with Crippen LogP contribution in [0.25, 0.3) is 0 Å². The molecule has 0 radical (unpaired) electrons. The highest BCUT2D eigenvalue weighted by Crippen LogP contribution is 2.67. The summed E-state index contributed by atoms with van der Waals surface area (Å²) in [4.78, 5) is 11.9. The van der Waals surface area contributed by atoms with Crippen LogP contribution in [0.5, 0.6) is 0 Å². The average Bonchev–Trinajstić information content (AvgIpc) is 2.84. The highest BCUT2D eigenvalue weighted by molar-refractivity contribution is 5.79. The lowest BCUT2D eigenvalue weighted by Gasteiger charge is -2.60. The van der Waals surface area contributed by atoms with Crippen molar-refractivity contribution in [2.45, 2.75) is 71.6 Å². The van der Waals surface area contributed by atoms with Crippen LogP contribution in [0.15, 0.2) is 12.7 Å². The van der Waals surface area contributed by atoms with Crippen molar-refractivity contribution < 1.29 is 4.79 Å². The Kier molecular flexibility index (Phi) is 3.37. The fraction of sp³-hybridized carbons (Fsp3) is 0.857. The van der Waals surface area contributed by atoms with Crippen molar-refractivity contribution in [1.29, 1.82) is 0 Å². The second-order valence-corrected chi connectivity index (χ2v) is 9.36. The summed E-state index contributed by atoms with van der Waals surface area (Å²) in [7, 11) is 0. The molecule has 0 heterocycles. The molecule has 4 fully saturated rings. The van der Waals surface area contributed by atoms with Gasteiger partial charge in [0.05, 0.1) is 0 Å². The van der Waals surface area contributed by atoms with E-state index in [0.29, 0.717) is 22.5 Å². The van der Waals surface area contributed by atoms with Crippen LogP contribution in [-0.2, 0) is 4.79 Å². The molecule has 0 N–H and O–H groups in total. The van der Waals surface area contributed by atoms with E-state index in [1.54, 1.807) is 0 Å². The number of hydrogen-bond donors (Lipinski definition) is 0. The van der Waals surface area contributed by atoms with Crippen LogP contribution in [-0.4, -0.2) is 5.78 Å². The molecule has 122 valence electrons. The predicted molar refractivity (Wildman–Crippen MR) is 90.4 cm³/mol. The van der Waals surface area contributed by atoms with Crippen molar-refractivity contribution in [3.05, 3.63) is 12.7 Å². The molecule has 1 heteroatoms. The van der Waals surface area contributed by atoms with E-state index < -0.39 is 0 Å². The summed E-state index contributed by atoms with van der Waals surface area (Å²) in [6, 6.07) is 0. The molecule has 0 aromatic heterocycles. The van der Waals surface area contributed by atoms with Crippen LogP contribution in [0.3, 0.4) is 0 Å². The molecule has 4 aliphatic rings. The lowest BCUT2D eigenvalue weighted by molar-refractivity contribution is -0.138. The monoisotopic (exact) mass is 300 g/mol. The zero-order chi connectivity index (χ0) is 15.5. The Hall–Kier alpha value is -0.590. The average molecular weight is 300 g/mol. The standard InChI is InChI=1S/C21H32O/c1-4-14-6-8-18-17-7-5-15-13-16(22)9-11-21(15,3)19(17)10-12-20(14,18)2/h4,14-15,17-19H,1,5-13H2,2-3H3/t14-,15?,17-,18-,19-,20+,21-/m0/s1. The number of ketones is 1. The van der Waals surface area contributed by atoms with Crippen LogP contribution in [0.1, 0.15) is 71.6 Å². The lowest BCUT2D eigenvalue weighted by Crippen LogP contribution is -2.53. The van der Waals surface area contributed by atoms with E-state index in [9.17, 15) is 4.79 Å². The highest BCUT2D eigenvalue weighted by atomic mass is 16.1. The summed E-state index contributed by atoms with van der Waals surface area (Å²) in [5, 5.41) is 0. The van der Waals surface area contributed by atoms with Crippen LogP contribution >= 0.6 is 0 Å². The molecule has 4 rings (SSSR count). The van der Waals surface area contributed by atoms with Crippen LogP contribution in [0, 0.1) is 40.4 Å². The number of rotatable bonds is 1. The zero-order valence-corrected chi connectivity index (χ0v) is 14.4. The van der Waals surface area contributed by atoms with E-state index in [4.69, 9.17) is 0 Å². The molecule has 22 heavy (non-hydrogen) atoms. The van der Waals surface area contributed by atoms with Gasteiger partial charge in [-0.25, -0.2) is 0 Å². The normalized spacial score (nSPS) is 54.3. The van der Waals surface area contributed by atoms with Gasteiger partial charge < -0.3 is 0 Å². The SMILES string of the molecule is C=C[C@H]1CC[C@H]2[C@@H]3CCC4CC(=O)CC[C@]4(C)[C@H]3CC[C@]12C. The van der Waals surface area contributed by atoms with E-state index in [-0.39, 0.29) is 0 Å². The van der Waals surface area contributed by atoms with Crippen LogP contribution in [0.4, 0.5) is 0 Å². The van der Waals surface area contributed by atoms with Gasteiger partial charge in [0, 0.05) is 12.8 Å². The summed E-state index contributed by atoms with van der Waals surface area (Å²) in [5.41, 5.74) is 0.987. The maximum absolute atomic E-state index is 11.9. The van der Waals surface area contributed by atoms with E-state index in [0.717, 1.165) is 36.5 Å². The molecule has 0 aromatic carbocycles. The van der Waals surface area contributed by atoms with Crippen molar-refractivity contribution in [1.82, 2.24) is 0 Å². The van der Waals surface area contributed by atoms with Gasteiger partial charge in [-0.05, 0) is 85.4 Å².